The van der Waals surface area contributed by atoms with Gasteiger partial charge in [-0.15, -0.1) is 11.3 Å². The molecule has 0 radical (unpaired) electrons. The van der Waals surface area contributed by atoms with E-state index in [1.54, 1.807) is 11.3 Å². The van der Waals surface area contributed by atoms with E-state index in [9.17, 15) is 0 Å². The van der Waals surface area contributed by atoms with E-state index in [4.69, 9.17) is 11.5 Å². The largest absolute Gasteiger partial charge is 0.383 e. The van der Waals surface area contributed by atoms with Crippen molar-refractivity contribution in [3.05, 3.63) is 16.3 Å². The normalized spacial score (nSPS) is 23.8. The number of anilines is 1. The van der Waals surface area contributed by atoms with Crippen molar-refractivity contribution in [3.8, 4) is 0 Å². The Morgan fingerprint density at radius 3 is 2.70 bits per heavy atom. The average molecular weight is 291 g/mol. The van der Waals surface area contributed by atoms with Crippen LogP contribution in [0.1, 0.15) is 23.2 Å². The summed E-state index contributed by atoms with van der Waals surface area (Å²) in [4.78, 5) is 13.7. The molecule has 1 aliphatic rings. The number of aromatic nitrogens is 2. The predicted octanol–water partition coefficient (Wildman–Crippen LogP) is 1.67. The molecule has 2 aromatic rings. The first-order chi connectivity index (χ1) is 9.45. The molecular formula is C14H21N5S. The van der Waals surface area contributed by atoms with E-state index in [1.165, 1.54) is 10.4 Å². The minimum Gasteiger partial charge on any atom is -0.383 e. The van der Waals surface area contributed by atoms with Crippen LogP contribution in [0.2, 0.25) is 0 Å². The van der Waals surface area contributed by atoms with Crippen LogP contribution in [0.25, 0.3) is 10.2 Å². The molecule has 0 saturated carbocycles. The SMILES string of the molecule is Cc1sc2nc(CN3CC(C)C(N)C3)nc(N)c2c1C. The molecule has 2 unspecified atom stereocenters. The highest BCUT2D eigenvalue weighted by atomic mass is 32.1. The Kier molecular flexibility index (Phi) is 3.40. The van der Waals surface area contributed by atoms with E-state index in [0.717, 1.165) is 35.7 Å². The quantitative estimate of drug-likeness (QED) is 0.879. The van der Waals surface area contributed by atoms with Gasteiger partial charge in [0.15, 0.2) is 0 Å². The van der Waals surface area contributed by atoms with Gasteiger partial charge in [-0.3, -0.25) is 4.90 Å². The van der Waals surface area contributed by atoms with Gasteiger partial charge in [0.2, 0.25) is 0 Å². The third kappa shape index (κ3) is 2.28. The molecule has 0 aromatic carbocycles. The van der Waals surface area contributed by atoms with Crippen molar-refractivity contribution >= 4 is 27.4 Å². The number of rotatable bonds is 2. The Hall–Kier alpha value is -1.24. The number of thiophene rings is 1. The molecule has 108 valence electrons. The van der Waals surface area contributed by atoms with Crippen LogP contribution in [-0.2, 0) is 6.54 Å². The molecule has 6 heteroatoms. The Morgan fingerprint density at radius 1 is 1.30 bits per heavy atom. The van der Waals surface area contributed by atoms with Crippen molar-refractivity contribution in [2.45, 2.75) is 33.4 Å². The summed E-state index contributed by atoms with van der Waals surface area (Å²) in [5.74, 6) is 1.93. The van der Waals surface area contributed by atoms with Gasteiger partial charge in [-0.25, -0.2) is 9.97 Å². The molecule has 3 rings (SSSR count). The maximum Gasteiger partial charge on any atom is 0.146 e. The highest BCUT2D eigenvalue weighted by molar-refractivity contribution is 7.18. The molecular weight excluding hydrogens is 270 g/mol. The van der Waals surface area contributed by atoms with Crippen molar-refractivity contribution in [3.63, 3.8) is 0 Å². The van der Waals surface area contributed by atoms with Gasteiger partial charge in [0.25, 0.3) is 0 Å². The molecule has 1 aliphatic heterocycles. The second-order valence-electron chi connectivity index (χ2n) is 5.82. The van der Waals surface area contributed by atoms with E-state index < -0.39 is 0 Å². The summed E-state index contributed by atoms with van der Waals surface area (Å²) in [5.41, 5.74) is 13.4. The summed E-state index contributed by atoms with van der Waals surface area (Å²) in [7, 11) is 0. The van der Waals surface area contributed by atoms with Crippen molar-refractivity contribution in [1.82, 2.24) is 14.9 Å². The zero-order valence-corrected chi connectivity index (χ0v) is 13.0. The Balaban J connectivity index is 1.90. The number of hydrogen-bond donors (Lipinski definition) is 2. The molecule has 0 spiro atoms. The van der Waals surface area contributed by atoms with E-state index in [2.05, 4.69) is 35.6 Å². The fourth-order valence-corrected chi connectivity index (χ4v) is 3.88. The minimum absolute atomic E-state index is 0.252. The van der Waals surface area contributed by atoms with E-state index >= 15 is 0 Å². The van der Waals surface area contributed by atoms with Crippen LogP contribution in [0.5, 0.6) is 0 Å². The number of hydrogen-bond acceptors (Lipinski definition) is 6. The molecule has 20 heavy (non-hydrogen) atoms. The van der Waals surface area contributed by atoms with Gasteiger partial charge in [0, 0.05) is 24.0 Å². The Bertz CT molecular complexity index is 641. The third-order valence-corrected chi connectivity index (χ3v) is 5.32. The van der Waals surface area contributed by atoms with Gasteiger partial charge in [0.1, 0.15) is 16.5 Å². The fourth-order valence-electron chi connectivity index (χ4n) is 2.82. The number of aryl methyl sites for hydroxylation is 2. The standard InChI is InChI=1S/C14H21N5S/c1-7-4-19(5-10(7)15)6-11-17-13(16)12-8(2)9(3)20-14(12)18-11/h7,10H,4-6,15H2,1-3H3,(H2,16,17,18). The molecule has 2 atom stereocenters. The van der Waals surface area contributed by atoms with Crippen molar-refractivity contribution in [1.29, 1.82) is 0 Å². The third-order valence-electron chi connectivity index (χ3n) is 4.21. The molecule has 5 nitrogen and oxygen atoms in total. The highest BCUT2D eigenvalue weighted by Crippen LogP contribution is 2.32. The van der Waals surface area contributed by atoms with Crippen LogP contribution in [0.15, 0.2) is 0 Å². The second-order valence-corrected chi connectivity index (χ2v) is 7.03. The van der Waals surface area contributed by atoms with Crippen LogP contribution in [0.3, 0.4) is 0 Å². The molecule has 0 bridgehead atoms. The molecule has 1 fully saturated rings. The molecule has 0 amide bonds. The number of likely N-dealkylation sites (tertiary alicyclic amines) is 1. The summed E-state index contributed by atoms with van der Waals surface area (Å²) >= 11 is 1.69. The molecule has 1 saturated heterocycles. The first-order valence-corrected chi connectivity index (χ1v) is 7.77. The fraction of sp³-hybridized carbons (Fsp3) is 0.571. The summed E-state index contributed by atoms with van der Waals surface area (Å²) in [6, 6.07) is 0.252. The van der Waals surface area contributed by atoms with Gasteiger partial charge in [-0.05, 0) is 25.3 Å². The second kappa shape index (κ2) is 4.95. The van der Waals surface area contributed by atoms with Crippen LogP contribution in [-0.4, -0.2) is 34.0 Å². The van der Waals surface area contributed by atoms with Crippen molar-refractivity contribution in [2.75, 3.05) is 18.8 Å². The first kappa shape index (κ1) is 13.7. The average Bonchev–Trinajstić information content (AvgIpc) is 2.81. The van der Waals surface area contributed by atoms with Crippen LogP contribution < -0.4 is 11.5 Å². The number of fused-ring (bicyclic) bond motifs is 1. The zero-order valence-electron chi connectivity index (χ0n) is 12.2. The predicted molar refractivity (Wildman–Crippen MR) is 83.7 cm³/mol. The Morgan fingerprint density at radius 2 is 2.05 bits per heavy atom. The first-order valence-electron chi connectivity index (χ1n) is 6.95. The van der Waals surface area contributed by atoms with Crippen LogP contribution in [0, 0.1) is 19.8 Å². The van der Waals surface area contributed by atoms with Gasteiger partial charge in [0.05, 0.1) is 11.9 Å². The van der Waals surface area contributed by atoms with E-state index in [0.29, 0.717) is 11.7 Å². The van der Waals surface area contributed by atoms with Gasteiger partial charge in [-0.2, -0.15) is 0 Å². The van der Waals surface area contributed by atoms with Gasteiger partial charge < -0.3 is 11.5 Å². The van der Waals surface area contributed by atoms with E-state index in [1.807, 2.05) is 0 Å². The summed E-state index contributed by atoms with van der Waals surface area (Å²) in [5, 5.41) is 1.02. The maximum absolute atomic E-state index is 6.11. The Labute approximate surface area is 123 Å². The lowest BCUT2D eigenvalue weighted by Crippen LogP contribution is -2.28. The van der Waals surface area contributed by atoms with Gasteiger partial charge >= 0.3 is 0 Å². The number of nitrogens with two attached hydrogens (primary N) is 2. The van der Waals surface area contributed by atoms with E-state index in [-0.39, 0.29) is 6.04 Å². The molecule has 4 N–H and O–H groups in total. The minimum atomic E-state index is 0.252. The zero-order chi connectivity index (χ0) is 14.4. The maximum atomic E-state index is 6.11. The molecule has 0 aliphatic carbocycles. The van der Waals surface area contributed by atoms with Crippen LogP contribution >= 0.6 is 11.3 Å². The lowest BCUT2D eigenvalue weighted by molar-refractivity contribution is 0.311. The monoisotopic (exact) mass is 291 g/mol. The van der Waals surface area contributed by atoms with Crippen molar-refractivity contribution < 1.29 is 0 Å². The molecule has 2 aromatic heterocycles. The van der Waals surface area contributed by atoms with Crippen molar-refractivity contribution in [2.24, 2.45) is 11.7 Å². The molecule has 3 heterocycles. The van der Waals surface area contributed by atoms with Crippen LogP contribution in [0.4, 0.5) is 5.82 Å². The van der Waals surface area contributed by atoms with Gasteiger partial charge in [-0.1, -0.05) is 6.92 Å². The number of nitrogen functional groups attached to an aromatic ring is 1. The topological polar surface area (TPSA) is 81.1 Å². The number of nitrogens with zero attached hydrogens (tertiary/aromatic N) is 3. The summed E-state index contributed by atoms with van der Waals surface area (Å²) < 4.78 is 0. The lowest BCUT2D eigenvalue weighted by atomic mass is 10.1. The highest BCUT2D eigenvalue weighted by Gasteiger charge is 2.27. The summed E-state index contributed by atoms with van der Waals surface area (Å²) in [6.45, 7) is 9.01. The lowest BCUT2D eigenvalue weighted by Gasteiger charge is -2.14. The summed E-state index contributed by atoms with van der Waals surface area (Å²) in [6.07, 6.45) is 0. The smallest absolute Gasteiger partial charge is 0.146 e.